The van der Waals surface area contributed by atoms with Crippen LogP contribution in [0.15, 0.2) is 186 Å². The highest BCUT2D eigenvalue weighted by atomic mass is 16.3. The normalized spacial score (nSPS) is 11.6. The topological polar surface area (TPSA) is 18.1 Å². The SMILES string of the molecule is Cc1cccc(-c2ccc(-c3ccc4oc5ccc(-n6c7ccccc7c7cc(-c8ccccc8)ccc76)cc5c4c3)c(-c3ccccc3)c2)c1. The second kappa shape index (κ2) is 11.8. The number of aromatic nitrogens is 1. The summed E-state index contributed by atoms with van der Waals surface area (Å²) in [7, 11) is 0. The van der Waals surface area contributed by atoms with Gasteiger partial charge in [-0.25, -0.2) is 0 Å². The standard InChI is InChI=1S/C49H33NO/c1-32-11-10-16-35(27-32)37-19-23-40(42(28-37)34-14-6-3-7-15-34)38-21-25-48-44(30-38)45-31-39(22-26-49(45)51-48)50-46-18-9-8-17-41(46)43-29-36(20-24-47(43)50)33-12-4-2-5-13-33/h2-31H,1H3. The van der Waals surface area contributed by atoms with Crippen molar-refractivity contribution in [2.24, 2.45) is 0 Å². The van der Waals surface area contributed by atoms with Gasteiger partial charge in [0.05, 0.1) is 11.0 Å². The molecule has 0 radical (unpaired) electrons. The minimum atomic E-state index is 0.885. The third-order valence-corrected chi connectivity index (χ3v) is 10.3. The van der Waals surface area contributed by atoms with Crippen molar-refractivity contribution in [3.8, 4) is 50.2 Å². The van der Waals surface area contributed by atoms with E-state index in [0.717, 1.165) is 33.2 Å². The largest absolute Gasteiger partial charge is 0.456 e. The second-order valence-electron chi connectivity index (χ2n) is 13.4. The number of furan rings is 1. The van der Waals surface area contributed by atoms with Crippen LogP contribution in [0.4, 0.5) is 0 Å². The van der Waals surface area contributed by atoms with E-state index in [0.29, 0.717) is 0 Å². The first kappa shape index (κ1) is 29.3. The van der Waals surface area contributed by atoms with Crippen LogP contribution in [-0.4, -0.2) is 4.57 Å². The van der Waals surface area contributed by atoms with Crippen LogP contribution in [0.25, 0.3) is 93.9 Å². The molecule has 10 rings (SSSR count). The summed E-state index contributed by atoms with van der Waals surface area (Å²) >= 11 is 0. The van der Waals surface area contributed by atoms with E-state index in [2.05, 4.69) is 193 Å². The van der Waals surface area contributed by atoms with Crippen LogP contribution in [0.5, 0.6) is 0 Å². The molecule has 8 aromatic carbocycles. The number of nitrogens with zero attached hydrogens (tertiary/aromatic N) is 1. The maximum Gasteiger partial charge on any atom is 0.135 e. The minimum Gasteiger partial charge on any atom is -0.456 e. The van der Waals surface area contributed by atoms with Crippen molar-refractivity contribution in [3.05, 3.63) is 188 Å². The lowest BCUT2D eigenvalue weighted by Crippen LogP contribution is -1.93. The van der Waals surface area contributed by atoms with Crippen LogP contribution < -0.4 is 0 Å². The molecule has 10 aromatic rings. The maximum absolute atomic E-state index is 6.45. The molecule has 0 saturated heterocycles. The van der Waals surface area contributed by atoms with Crippen molar-refractivity contribution in [1.82, 2.24) is 4.57 Å². The van der Waals surface area contributed by atoms with Gasteiger partial charge in [-0.1, -0.05) is 133 Å². The Labute approximate surface area is 296 Å². The van der Waals surface area contributed by atoms with Gasteiger partial charge in [0.1, 0.15) is 11.2 Å². The van der Waals surface area contributed by atoms with Crippen LogP contribution >= 0.6 is 0 Å². The molecule has 51 heavy (non-hydrogen) atoms. The van der Waals surface area contributed by atoms with Gasteiger partial charge in [0, 0.05) is 27.2 Å². The van der Waals surface area contributed by atoms with Gasteiger partial charge in [-0.15, -0.1) is 0 Å². The Bertz CT molecular complexity index is 2910. The third-order valence-electron chi connectivity index (χ3n) is 10.3. The van der Waals surface area contributed by atoms with E-state index >= 15 is 0 Å². The van der Waals surface area contributed by atoms with Gasteiger partial charge >= 0.3 is 0 Å². The summed E-state index contributed by atoms with van der Waals surface area (Å²) in [5, 5.41) is 4.70. The molecule has 0 atom stereocenters. The fourth-order valence-electron chi connectivity index (χ4n) is 7.79. The van der Waals surface area contributed by atoms with Gasteiger partial charge in [-0.05, 0) is 106 Å². The molecule has 240 valence electrons. The van der Waals surface area contributed by atoms with Crippen LogP contribution in [-0.2, 0) is 0 Å². The van der Waals surface area contributed by atoms with E-state index in [-0.39, 0.29) is 0 Å². The first-order valence-corrected chi connectivity index (χ1v) is 17.5. The van der Waals surface area contributed by atoms with Crippen molar-refractivity contribution in [1.29, 1.82) is 0 Å². The predicted octanol–water partition coefficient (Wildman–Crippen LogP) is 13.7. The fourth-order valence-corrected chi connectivity index (χ4v) is 7.79. The summed E-state index contributed by atoms with van der Waals surface area (Å²) in [5.74, 6) is 0. The Morgan fingerprint density at radius 1 is 0.353 bits per heavy atom. The summed E-state index contributed by atoms with van der Waals surface area (Å²) < 4.78 is 8.84. The van der Waals surface area contributed by atoms with Crippen molar-refractivity contribution in [2.45, 2.75) is 6.92 Å². The van der Waals surface area contributed by atoms with E-state index in [4.69, 9.17) is 4.42 Å². The lowest BCUT2D eigenvalue weighted by Gasteiger charge is -2.14. The molecule has 0 bridgehead atoms. The zero-order valence-electron chi connectivity index (χ0n) is 28.2. The molecule has 0 aliphatic heterocycles. The van der Waals surface area contributed by atoms with E-state index in [1.54, 1.807) is 0 Å². The lowest BCUT2D eigenvalue weighted by atomic mass is 9.90. The summed E-state index contributed by atoms with van der Waals surface area (Å²) in [4.78, 5) is 0. The highest BCUT2D eigenvalue weighted by Crippen LogP contribution is 2.41. The van der Waals surface area contributed by atoms with Gasteiger partial charge in [-0.2, -0.15) is 0 Å². The summed E-state index contributed by atoms with van der Waals surface area (Å²) in [6, 6.07) is 65.7. The molecular weight excluding hydrogens is 619 g/mol. The quantitative estimate of drug-likeness (QED) is 0.181. The molecule has 0 aliphatic rings. The highest BCUT2D eigenvalue weighted by Gasteiger charge is 2.17. The minimum absolute atomic E-state index is 0.885. The fraction of sp³-hybridized carbons (Fsp3) is 0.0204. The highest BCUT2D eigenvalue weighted by molar-refractivity contribution is 6.12. The molecule has 0 spiro atoms. The lowest BCUT2D eigenvalue weighted by molar-refractivity contribution is 0.669. The van der Waals surface area contributed by atoms with Crippen LogP contribution in [0.3, 0.4) is 0 Å². The number of fused-ring (bicyclic) bond motifs is 6. The number of benzene rings is 8. The number of para-hydroxylation sites is 1. The Kier molecular flexibility index (Phi) is 6.75. The molecule has 2 heteroatoms. The van der Waals surface area contributed by atoms with Crippen LogP contribution in [0.2, 0.25) is 0 Å². The maximum atomic E-state index is 6.45. The molecule has 0 saturated carbocycles. The van der Waals surface area contributed by atoms with Gasteiger partial charge in [0.15, 0.2) is 0 Å². The summed E-state index contributed by atoms with van der Waals surface area (Å²) in [5.41, 5.74) is 16.2. The van der Waals surface area contributed by atoms with Gasteiger partial charge in [0.2, 0.25) is 0 Å². The second-order valence-corrected chi connectivity index (χ2v) is 13.4. The van der Waals surface area contributed by atoms with Crippen molar-refractivity contribution < 1.29 is 4.42 Å². The van der Waals surface area contributed by atoms with E-state index in [9.17, 15) is 0 Å². The molecule has 2 heterocycles. The molecule has 0 unspecified atom stereocenters. The molecule has 2 aromatic heterocycles. The summed E-state index contributed by atoms with van der Waals surface area (Å²) in [6.07, 6.45) is 0. The van der Waals surface area contributed by atoms with E-state index in [1.807, 2.05) is 0 Å². The zero-order valence-corrected chi connectivity index (χ0v) is 28.2. The summed E-state index contributed by atoms with van der Waals surface area (Å²) in [6.45, 7) is 2.15. The van der Waals surface area contributed by atoms with Crippen LogP contribution in [0.1, 0.15) is 5.56 Å². The monoisotopic (exact) mass is 651 g/mol. The van der Waals surface area contributed by atoms with E-state index in [1.165, 1.54) is 66.3 Å². The molecule has 2 nitrogen and oxygen atoms in total. The number of hydrogen-bond acceptors (Lipinski definition) is 1. The Balaban J connectivity index is 1.14. The van der Waals surface area contributed by atoms with Crippen molar-refractivity contribution in [3.63, 3.8) is 0 Å². The molecule has 0 fully saturated rings. The number of aryl methyl sites for hydroxylation is 1. The number of hydrogen-bond donors (Lipinski definition) is 0. The Morgan fingerprint density at radius 2 is 0.961 bits per heavy atom. The van der Waals surface area contributed by atoms with E-state index < -0.39 is 0 Å². The third kappa shape index (κ3) is 4.95. The molecular formula is C49H33NO. The average Bonchev–Trinajstić information content (AvgIpc) is 3.73. The molecule has 0 amide bonds. The van der Waals surface area contributed by atoms with Gasteiger partial charge in [0.25, 0.3) is 0 Å². The predicted molar refractivity (Wildman–Crippen MR) is 215 cm³/mol. The van der Waals surface area contributed by atoms with Crippen molar-refractivity contribution in [2.75, 3.05) is 0 Å². The molecule has 0 aliphatic carbocycles. The number of rotatable bonds is 5. The van der Waals surface area contributed by atoms with Gasteiger partial charge < -0.3 is 8.98 Å². The van der Waals surface area contributed by atoms with Gasteiger partial charge in [-0.3, -0.25) is 0 Å². The average molecular weight is 652 g/mol. The smallest absolute Gasteiger partial charge is 0.135 e. The van der Waals surface area contributed by atoms with Crippen LogP contribution in [0, 0.1) is 6.92 Å². The van der Waals surface area contributed by atoms with Crippen molar-refractivity contribution >= 4 is 43.7 Å². The zero-order chi connectivity index (χ0) is 33.9. The Morgan fingerprint density at radius 3 is 1.78 bits per heavy atom. The Hall–Kier alpha value is -6.64. The first-order chi connectivity index (χ1) is 25.2. The first-order valence-electron chi connectivity index (χ1n) is 17.5. The molecule has 0 N–H and O–H groups in total.